The first-order valence-electron chi connectivity index (χ1n) is 7.12. The van der Waals surface area contributed by atoms with E-state index in [1.165, 1.54) is 0 Å². The fourth-order valence-electron chi connectivity index (χ4n) is 2.71. The monoisotopic (exact) mass is 272 g/mol. The molecule has 106 valence electrons. The number of carbonyl (C=O) groups excluding carboxylic acids is 1. The van der Waals surface area contributed by atoms with Gasteiger partial charge in [-0.1, -0.05) is 6.07 Å². The quantitative estimate of drug-likeness (QED) is 0.877. The highest BCUT2D eigenvalue weighted by Crippen LogP contribution is 2.20. The van der Waals surface area contributed by atoms with Crippen molar-refractivity contribution in [2.24, 2.45) is 5.92 Å². The highest BCUT2D eigenvalue weighted by molar-refractivity contribution is 5.93. The number of nitrogens with zero attached hydrogens (tertiary/aromatic N) is 2. The van der Waals surface area contributed by atoms with E-state index in [1.807, 2.05) is 36.6 Å². The number of aromatic nitrogens is 2. The fourth-order valence-corrected chi connectivity index (χ4v) is 2.71. The first kappa shape index (κ1) is 13.1. The number of rotatable bonds is 2. The van der Waals surface area contributed by atoms with Gasteiger partial charge >= 0.3 is 0 Å². The number of anilines is 1. The first-order chi connectivity index (χ1) is 9.65. The van der Waals surface area contributed by atoms with Crippen LogP contribution in [0.3, 0.4) is 0 Å². The minimum atomic E-state index is 0.0542. The SMILES string of the molecule is Cc1ccc2nc(C)c(NC(=O)C3CCCNC3)n2c1. The molecule has 0 radical (unpaired) electrons. The molecule has 5 nitrogen and oxygen atoms in total. The van der Waals surface area contributed by atoms with E-state index in [1.54, 1.807) is 0 Å². The Balaban J connectivity index is 1.88. The van der Waals surface area contributed by atoms with Gasteiger partial charge in [0.2, 0.25) is 5.91 Å². The maximum atomic E-state index is 12.4. The van der Waals surface area contributed by atoms with E-state index in [0.717, 1.165) is 48.7 Å². The second-order valence-corrected chi connectivity index (χ2v) is 5.51. The molecule has 2 N–H and O–H groups in total. The largest absolute Gasteiger partial charge is 0.316 e. The molecule has 1 saturated heterocycles. The van der Waals surface area contributed by atoms with Crippen LogP contribution in [-0.4, -0.2) is 28.4 Å². The van der Waals surface area contributed by atoms with Gasteiger partial charge in [0, 0.05) is 12.7 Å². The lowest BCUT2D eigenvalue weighted by Crippen LogP contribution is -2.37. The molecule has 1 aliphatic heterocycles. The zero-order chi connectivity index (χ0) is 14.1. The van der Waals surface area contributed by atoms with Crippen molar-refractivity contribution >= 4 is 17.4 Å². The molecule has 0 spiro atoms. The highest BCUT2D eigenvalue weighted by atomic mass is 16.2. The van der Waals surface area contributed by atoms with Crippen LogP contribution >= 0.6 is 0 Å². The molecule has 2 aromatic heterocycles. The van der Waals surface area contributed by atoms with Crippen LogP contribution < -0.4 is 10.6 Å². The summed E-state index contributed by atoms with van der Waals surface area (Å²) in [5, 5.41) is 6.32. The lowest BCUT2D eigenvalue weighted by molar-refractivity contribution is -0.120. The van der Waals surface area contributed by atoms with Gasteiger partial charge in [0.1, 0.15) is 11.5 Å². The Hall–Kier alpha value is -1.88. The van der Waals surface area contributed by atoms with E-state index < -0.39 is 0 Å². The molecule has 0 aromatic carbocycles. The van der Waals surface area contributed by atoms with E-state index in [-0.39, 0.29) is 11.8 Å². The van der Waals surface area contributed by atoms with Gasteiger partial charge in [0.25, 0.3) is 0 Å². The number of amides is 1. The second kappa shape index (κ2) is 5.25. The molecular weight excluding hydrogens is 252 g/mol. The third kappa shape index (κ3) is 2.41. The third-order valence-electron chi connectivity index (χ3n) is 3.85. The minimum absolute atomic E-state index is 0.0542. The average molecular weight is 272 g/mol. The number of carbonyl (C=O) groups is 1. The molecule has 1 unspecified atom stereocenters. The molecule has 1 fully saturated rings. The Morgan fingerprint density at radius 3 is 3.05 bits per heavy atom. The van der Waals surface area contributed by atoms with Gasteiger partial charge in [0.05, 0.1) is 11.6 Å². The molecule has 0 aliphatic carbocycles. The van der Waals surface area contributed by atoms with Gasteiger partial charge in [-0.3, -0.25) is 9.20 Å². The Kier molecular flexibility index (Phi) is 3.44. The summed E-state index contributed by atoms with van der Waals surface area (Å²) in [7, 11) is 0. The van der Waals surface area contributed by atoms with Crippen LogP contribution in [0.15, 0.2) is 18.3 Å². The number of hydrogen-bond donors (Lipinski definition) is 2. The van der Waals surface area contributed by atoms with E-state index in [9.17, 15) is 4.79 Å². The summed E-state index contributed by atoms with van der Waals surface area (Å²) < 4.78 is 1.96. The number of piperidine rings is 1. The van der Waals surface area contributed by atoms with Gasteiger partial charge in [0.15, 0.2) is 0 Å². The van der Waals surface area contributed by atoms with Crippen LogP contribution in [0.1, 0.15) is 24.1 Å². The van der Waals surface area contributed by atoms with Crippen molar-refractivity contribution in [2.45, 2.75) is 26.7 Å². The summed E-state index contributed by atoms with van der Waals surface area (Å²) in [5.41, 5.74) is 2.86. The average Bonchev–Trinajstić information content (AvgIpc) is 2.76. The number of hydrogen-bond acceptors (Lipinski definition) is 3. The molecule has 1 amide bonds. The molecule has 0 bridgehead atoms. The Bertz CT molecular complexity index is 641. The number of pyridine rings is 1. The van der Waals surface area contributed by atoms with Gasteiger partial charge in [-0.15, -0.1) is 0 Å². The third-order valence-corrected chi connectivity index (χ3v) is 3.85. The zero-order valence-electron chi connectivity index (χ0n) is 11.9. The second-order valence-electron chi connectivity index (χ2n) is 5.51. The van der Waals surface area contributed by atoms with Crippen LogP contribution in [0.5, 0.6) is 0 Å². The highest BCUT2D eigenvalue weighted by Gasteiger charge is 2.22. The van der Waals surface area contributed by atoms with E-state index >= 15 is 0 Å². The maximum Gasteiger partial charge on any atom is 0.229 e. The van der Waals surface area contributed by atoms with Crippen LogP contribution in [0.25, 0.3) is 5.65 Å². The van der Waals surface area contributed by atoms with Crippen LogP contribution in [0, 0.1) is 19.8 Å². The summed E-state index contributed by atoms with van der Waals surface area (Å²) in [4.78, 5) is 16.8. The lowest BCUT2D eigenvalue weighted by atomic mass is 9.99. The number of nitrogens with one attached hydrogen (secondary N) is 2. The van der Waals surface area contributed by atoms with Crippen molar-refractivity contribution in [2.75, 3.05) is 18.4 Å². The first-order valence-corrected chi connectivity index (χ1v) is 7.12. The Labute approximate surface area is 118 Å². The molecule has 2 aromatic rings. The number of aryl methyl sites for hydroxylation is 2. The van der Waals surface area contributed by atoms with Gasteiger partial charge in [-0.2, -0.15) is 0 Å². The fraction of sp³-hybridized carbons (Fsp3) is 0.467. The molecular formula is C15H20N4O. The van der Waals surface area contributed by atoms with Crippen molar-refractivity contribution < 1.29 is 4.79 Å². The van der Waals surface area contributed by atoms with Crippen molar-refractivity contribution in [3.05, 3.63) is 29.6 Å². The Morgan fingerprint density at radius 2 is 2.30 bits per heavy atom. The van der Waals surface area contributed by atoms with Gasteiger partial charge in [-0.05, 0) is 44.9 Å². The summed E-state index contributed by atoms with van der Waals surface area (Å²) in [6.07, 6.45) is 4.01. The van der Waals surface area contributed by atoms with Gasteiger partial charge in [-0.25, -0.2) is 4.98 Å². The Morgan fingerprint density at radius 1 is 1.45 bits per heavy atom. The van der Waals surface area contributed by atoms with E-state index in [2.05, 4.69) is 15.6 Å². The number of fused-ring (bicyclic) bond motifs is 1. The summed E-state index contributed by atoms with van der Waals surface area (Å²) in [6, 6.07) is 4.00. The van der Waals surface area contributed by atoms with Gasteiger partial charge < -0.3 is 10.6 Å². The van der Waals surface area contributed by atoms with E-state index in [4.69, 9.17) is 0 Å². The molecule has 1 atom stereocenters. The molecule has 1 aliphatic rings. The van der Waals surface area contributed by atoms with Crippen molar-refractivity contribution in [1.82, 2.24) is 14.7 Å². The van der Waals surface area contributed by atoms with Crippen molar-refractivity contribution in [1.29, 1.82) is 0 Å². The molecule has 20 heavy (non-hydrogen) atoms. The molecule has 5 heteroatoms. The topological polar surface area (TPSA) is 58.4 Å². The lowest BCUT2D eigenvalue weighted by Gasteiger charge is -2.21. The summed E-state index contributed by atoms with van der Waals surface area (Å²) in [5.74, 6) is 0.932. The molecule has 3 heterocycles. The normalized spacial score (nSPS) is 19.2. The van der Waals surface area contributed by atoms with Crippen LogP contribution in [0.2, 0.25) is 0 Å². The van der Waals surface area contributed by atoms with E-state index in [0.29, 0.717) is 0 Å². The molecule has 3 rings (SSSR count). The van der Waals surface area contributed by atoms with Crippen molar-refractivity contribution in [3.8, 4) is 0 Å². The minimum Gasteiger partial charge on any atom is -0.316 e. The van der Waals surface area contributed by atoms with Crippen molar-refractivity contribution in [3.63, 3.8) is 0 Å². The summed E-state index contributed by atoms with van der Waals surface area (Å²) in [6.45, 7) is 5.74. The van der Waals surface area contributed by atoms with Crippen LogP contribution in [0.4, 0.5) is 5.82 Å². The maximum absolute atomic E-state index is 12.4. The standard InChI is InChI=1S/C15H20N4O/c1-10-5-6-13-17-11(2)14(19(13)9-10)18-15(20)12-4-3-7-16-8-12/h5-6,9,12,16H,3-4,7-8H2,1-2H3,(H,18,20). The summed E-state index contributed by atoms with van der Waals surface area (Å²) >= 11 is 0. The predicted molar refractivity (Wildman–Crippen MR) is 78.9 cm³/mol. The van der Waals surface area contributed by atoms with Crippen LogP contribution in [-0.2, 0) is 4.79 Å². The molecule has 0 saturated carbocycles. The smallest absolute Gasteiger partial charge is 0.229 e. The zero-order valence-corrected chi connectivity index (χ0v) is 11.9. The number of imidazole rings is 1. The predicted octanol–water partition coefficient (Wildman–Crippen LogP) is 1.89.